The first-order valence-corrected chi connectivity index (χ1v) is 8.36. The maximum atomic E-state index is 11.0. The average molecular weight is 342 g/mol. The number of nitrogens with zero attached hydrogens (tertiary/aromatic N) is 2. The molecule has 2 heterocycles. The molecule has 1 aromatic heterocycles. The number of hydrogen-bond donors (Lipinski definition) is 1. The van der Waals surface area contributed by atoms with Crippen molar-refractivity contribution in [3.05, 3.63) is 59.9 Å². The van der Waals surface area contributed by atoms with Crippen LogP contribution in [0.5, 0.6) is 5.75 Å². The molecule has 0 spiro atoms. The lowest BCUT2D eigenvalue weighted by Gasteiger charge is -2.34. The molecule has 3 rings (SSSR count). The quantitative estimate of drug-likeness (QED) is 0.833. The Hall–Kier alpha value is -2.44. The number of carbonyl (C=O) groups is 1. The largest absolute Gasteiger partial charge is 0.487 e. The van der Waals surface area contributed by atoms with Gasteiger partial charge in [-0.1, -0.05) is 18.2 Å². The van der Waals surface area contributed by atoms with Crippen LogP contribution in [0.2, 0.25) is 0 Å². The second-order valence-corrected chi connectivity index (χ2v) is 6.05. The molecule has 0 aliphatic carbocycles. The summed E-state index contributed by atoms with van der Waals surface area (Å²) in [5.74, 6) is -0.00256. The number of pyridine rings is 1. The Kier molecular flexibility index (Phi) is 5.98. The minimum atomic E-state index is -0.793. The predicted octanol–water partition coefficient (Wildman–Crippen LogP) is 2.34. The van der Waals surface area contributed by atoms with Crippen molar-refractivity contribution in [2.75, 3.05) is 19.8 Å². The van der Waals surface area contributed by atoms with E-state index in [0.29, 0.717) is 26.4 Å². The average Bonchev–Trinajstić information content (AvgIpc) is 2.63. The van der Waals surface area contributed by atoms with Crippen LogP contribution in [0.1, 0.15) is 17.7 Å². The molecule has 1 saturated heterocycles. The number of carboxylic acid groups (broad SMARTS) is 1. The summed E-state index contributed by atoms with van der Waals surface area (Å²) in [6, 6.07) is 13.6. The fraction of sp³-hybridized carbons (Fsp3) is 0.368. The third-order valence-corrected chi connectivity index (χ3v) is 4.18. The topological polar surface area (TPSA) is 71.9 Å². The number of aliphatic carboxylic acids is 1. The molecule has 25 heavy (non-hydrogen) atoms. The Bertz CT molecular complexity index is 676. The Morgan fingerprint density at radius 1 is 1.28 bits per heavy atom. The molecule has 0 radical (unpaired) electrons. The molecule has 0 saturated carbocycles. The molecule has 132 valence electrons. The first kappa shape index (κ1) is 17.4. The monoisotopic (exact) mass is 342 g/mol. The van der Waals surface area contributed by atoms with Gasteiger partial charge in [0.25, 0.3) is 0 Å². The minimum Gasteiger partial charge on any atom is -0.487 e. The lowest BCUT2D eigenvalue weighted by molar-refractivity contribution is -0.140. The van der Waals surface area contributed by atoms with Gasteiger partial charge in [-0.3, -0.25) is 14.7 Å². The highest BCUT2D eigenvalue weighted by Gasteiger charge is 2.25. The standard InChI is InChI=1S/C19H22N2O4/c22-19(23)11-17-14-24-10-9-21(17)12-15-4-6-18(7-5-15)25-13-16-3-1-2-8-20-16/h1-8,17H,9-14H2,(H,22,23)/t17-/m1/s1. The zero-order valence-electron chi connectivity index (χ0n) is 14.0. The molecular formula is C19H22N2O4. The highest BCUT2D eigenvalue weighted by molar-refractivity contribution is 5.67. The first-order chi connectivity index (χ1) is 12.2. The van der Waals surface area contributed by atoms with Crippen LogP contribution >= 0.6 is 0 Å². The van der Waals surface area contributed by atoms with Crippen LogP contribution in [0.4, 0.5) is 0 Å². The van der Waals surface area contributed by atoms with Crippen molar-refractivity contribution in [1.29, 1.82) is 0 Å². The Morgan fingerprint density at radius 2 is 2.12 bits per heavy atom. The highest BCUT2D eigenvalue weighted by atomic mass is 16.5. The minimum absolute atomic E-state index is 0.0775. The number of carboxylic acids is 1. The van der Waals surface area contributed by atoms with Crippen molar-refractivity contribution in [3.8, 4) is 5.75 Å². The number of hydrogen-bond acceptors (Lipinski definition) is 5. The van der Waals surface area contributed by atoms with Crippen LogP contribution < -0.4 is 4.74 Å². The van der Waals surface area contributed by atoms with E-state index in [1.165, 1.54) is 0 Å². The highest BCUT2D eigenvalue weighted by Crippen LogP contribution is 2.18. The second kappa shape index (κ2) is 8.60. The fourth-order valence-corrected chi connectivity index (χ4v) is 2.85. The Morgan fingerprint density at radius 3 is 2.84 bits per heavy atom. The van der Waals surface area contributed by atoms with Gasteiger partial charge >= 0.3 is 5.97 Å². The van der Waals surface area contributed by atoms with Crippen LogP contribution in [-0.2, 0) is 22.7 Å². The van der Waals surface area contributed by atoms with Crippen molar-refractivity contribution < 1.29 is 19.4 Å². The molecule has 1 fully saturated rings. The van der Waals surface area contributed by atoms with Crippen molar-refractivity contribution in [2.24, 2.45) is 0 Å². The van der Waals surface area contributed by atoms with E-state index in [1.54, 1.807) is 6.20 Å². The molecule has 6 nitrogen and oxygen atoms in total. The van der Waals surface area contributed by atoms with Crippen molar-refractivity contribution in [2.45, 2.75) is 25.6 Å². The summed E-state index contributed by atoms with van der Waals surface area (Å²) in [5.41, 5.74) is 2.01. The fourth-order valence-electron chi connectivity index (χ4n) is 2.85. The van der Waals surface area contributed by atoms with E-state index in [9.17, 15) is 4.79 Å². The molecule has 6 heteroatoms. The number of ether oxygens (including phenoxy) is 2. The van der Waals surface area contributed by atoms with Gasteiger partial charge in [-0.2, -0.15) is 0 Å². The van der Waals surface area contributed by atoms with Crippen molar-refractivity contribution in [1.82, 2.24) is 9.88 Å². The van der Waals surface area contributed by atoms with Gasteiger partial charge in [0.05, 0.1) is 25.3 Å². The van der Waals surface area contributed by atoms with E-state index in [1.807, 2.05) is 42.5 Å². The summed E-state index contributed by atoms with van der Waals surface area (Å²) >= 11 is 0. The second-order valence-electron chi connectivity index (χ2n) is 6.05. The molecule has 1 aliphatic rings. The van der Waals surface area contributed by atoms with E-state index in [4.69, 9.17) is 14.6 Å². The zero-order chi connectivity index (χ0) is 17.5. The number of aromatic nitrogens is 1. The third-order valence-electron chi connectivity index (χ3n) is 4.18. The van der Waals surface area contributed by atoms with E-state index in [0.717, 1.165) is 23.6 Å². The van der Waals surface area contributed by atoms with Crippen LogP contribution in [0.15, 0.2) is 48.7 Å². The van der Waals surface area contributed by atoms with Gasteiger partial charge in [-0.25, -0.2) is 0 Å². The lowest BCUT2D eigenvalue weighted by atomic mass is 10.1. The summed E-state index contributed by atoms with van der Waals surface area (Å²) in [5, 5.41) is 9.04. The molecule has 0 unspecified atom stereocenters. The molecule has 0 amide bonds. The van der Waals surface area contributed by atoms with Crippen molar-refractivity contribution in [3.63, 3.8) is 0 Å². The first-order valence-electron chi connectivity index (χ1n) is 8.36. The maximum absolute atomic E-state index is 11.0. The number of benzene rings is 1. The SMILES string of the molecule is O=C(O)C[C@@H]1COCCN1Cc1ccc(OCc2ccccn2)cc1. The van der Waals surface area contributed by atoms with E-state index in [-0.39, 0.29) is 12.5 Å². The summed E-state index contributed by atoms with van der Waals surface area (Å²) in [6.07, 6.45) is 1.85. The smallest absolute Gasteiger partial charge is 0.305 e. The van der Waals surface area contributed by atoms with Crippen LogP contribution in [0.3, 0.4) is 0 Å². The molecule has 1 atom stereocenters. The summed E-state index contributed by atoms with van der Waals surface area (Å²) in [4.78, 5) is 17.4. The molecule has 1 N–H and O–H groups in total. The van der Waals surface area contributed by atoms with E-state index >= 15 is 0 Å². The predicted molar refractivity (Wildman–Crippen MR) is 92.3 cm³/mol. The Balaban J connectivity index is 1.55. The van der Waals surface area contributed by atoms with E-state index in [2.05, 4.69) is 9.88 Å². The van der Waals surface area contributed by atoms with Crippen LogP contribution in [0.25, 0.3) is 0 Å². The van der Waals surface area contributed by atoms with Gasteiger partial charge in [0.2, 0.25) is 0 Å². The summed E-state index contributed by atoms with van der Waals surface area (Å²) in [7, 11) is 0. The van der Waals surface area contributed by atoms with Gasteiger partial charge < -0.3 is 14.6 Å². The van der Waals surface area contributed by atoms with Gasteiger partial charge in [-0.05, 0) is 29.8 Å². The molecule has 2 aromatic rings. The zero-order valence-corrected chi connectivity index (χ0v) is 14.0. The number of rotatable bonds is 7. The summed E-state index contributed by atoms with van der Waals surface area (Å²) < 4.78 is 11.2. The van der Waals surface area contributed by atoms with Crippen LogP contribution in [0, 0.1) is 0 Å². The number of morpholine rings is 1. The molecule has 0 bridgehead atoms. The van der Waals surface area contributed by atoms with Gasteiger partial charge in [-0.15, -0.1) is 0 Å². The normalized spacial score (nSPS) is 18.0. The van der Waals surface area contributed by atoms with Gasteiger partial charge in [0.15, 0.2) is 0 Å². The molecule has 1 aromatic carbocycles. The molecular weight excluding hydrogens is 320 g/mol. The molecule has 1 aliphatic heterocycles. The third kappa shape index (κ3) is 5.27. The van der Waals surface area contributed by atoms with Crippen LogP contribution in [-0.4, -0.2) is 46.8 Å². The van der Waals surface area contributed by atoms with Gasteiger partial charge in [0, 0.05) is 25.3 Å². The lowest BCUT2D eigenvalue weighted by Crippen LogP contribution is -2.45. The van der Waals surface area contributed by atoms with Crippen molar-refractivity contribution >= 4 is 5.97 Å². The Labute approximate surface area is 147 Å². The van der Waals surface area contributed by atoms with E-state index < -0.39 is 5.97 Å². The van der Waals surface area contributed by atoms with Gasteiger partial charge in [0.1, 0.15) is 12.4 Å². The maximum Gasteiger partial charge on any atom is 0.305 e. The summed E-state index contributed by atoms with van der Waals surface area (Å²) in [6.45, 7) is 3.00.